The van der Waals surface area contributed by atoms with Crippen molar-refractivity contribution < 1.29 is 23.8 Å². The highest BCUT2D eigenvalue weighted by molar-refractivity contribution is 9.10. The van der Waals surface area contributed by atoms with Crippen LogP contribution in [0.3, 0.4) is 0 Å². The molecular weight excluding hydrogens is 371 g/mol. The van der Waals surface area contributed by atoms with Crippen LogP contribution in [0.25, 0.3) is 0 Å². The maximum absolute atomic E-state index is 13.6. The van der Waals surface area contributed by atoms with Gasteiger partial charge >= 0.3 is 5.97 Å². The number of hydrogen-bond donors (Lipinski definition) is 1. The summed E-state index contributed by atoms with van der Waals surface area (Å²) >= 11 is 3.06. The first-order valence-electron chi connectivity index (χ1n) is 7.13. The van der Waals surface area contributed by atoms with Crippen LogP contribution >= 0.6 is 15.9 Å². The first-order valence-corrected chi connectivity index (χ1v) is 7.92. The summed E-state index contributed by atoms with van der Waals surface area (Å²) in [4.78, 5) is 26.4. The number of rotatable bonds is 5. The zero-order valence-corrected chi connectivity index (χ0v) is 14.3. The molecule has 1 saturated heterocycles. The lowest BCUT2D eigenvalue weighted by atomic mass is 10.1. The van der Waals surface area contributed by atoms with Gasteiger partial charge in [-0.15, -0.1) is 0 Å². The van der Waals surface area contributed by atoms with E-state index in [4.69, 9.17) is 9.84 Å². The fraction of sp³-hybridized carbons (Fsp3) is 0.467. The summed E-state index contributed by atoms with van der Waals surface area (Å²) in [6.07, 6.45) is -0.266. The Bertz CT molecular complexity index is 599. The first kappa shape index (κ1) is 17.8. The summed E-state index contributed by atoms with van der Waals surface area (Å²) in [5.41, 5.74) is 0.283. The van der Waals surface area contributed by atoms with Crippen LogP contribution in [-0.2, 0) is 9.53 Å². The van der Waals surface area contributed by atoms with Crippen LogP contribution in [-0.4, -0.2) is 72.7 Å². The molecule has 1 unspecified atom stereocenters. The summed E-state index contributed by atoms with van der Waals surface area (Å²) in [6.45, 7) is 1.46. The Balaban J connectivity index is 1.98. The smallest absolute Gasteiger partial charge is 0.317 e. The van der Waals surface area contributed by atoms with Crippen molar-refractivity contribution in [1.82, 2.24) is 9.80 Å². The van der Waals surface area contributed by atoms with Gasteiger partial charge in [-0.2, -0.15) is 0 Å². The van der Waals surface area contributed by atoms with Crippen LogP contribution in [0.5, 0.6) is 0 Å². The Morgan fingerprint density at radius 1 is 1.52 bits per heavy atom. The number of benzene rings is 1. The van der Waals surface area contributed by atoms with Crippen LogP contribution in [0.1, 0.15) is 10.4 Å². The summed E-state index contributed by atoms with van der Waals surface area (Å²) in [5.74, 6) is -1.66. The number of nitrogens with zero attached hydrogens (tertiary/aromatic N) is 2. The average Bonchev–Trinajstić information content (AvgIpc) is 2.48. The second kappa shape index (κ2) is 7.85. The summed E-state index contributed by atoms with van der Waals surface area (Å²) in [5, 5.41) is 8.76. The van der Waals surface area contributed by atoms with Gasteiger partial charge in [-0.1, -0.05) is 0 Å². The predicted molar refractivity (Wildman–Crippen MR) is 84.9 cm³/mol. The van der Waals surface area contributed by atoms with Gasteiger partial charge in [-0.3, -0.25) is 14.5 Å². The van der Waals surface area contributed by atoms with Gasteiger partial charge in [0.05, 0.1) is 23.7 Å². The van der Waals surface area contributed by atoms with Crippen molar-refractivity contribution in [2.45, 2.75) is 6.10 Å². The summed E-state index contributed by atoms with van der Waals surface area (Å²) < 4.78 is 19.5. The standard InChI is InChI=1S/C15H18BrFN2O4/c1-18(9-14(20)21)7-11-8-19(4-5-23-11)15(22)10-2-3-12(16)13(17)6-10/h2-3,6,11H,4-5,7-9H2,1H3,(H,20,21). The van der Waals surface area contributed by atoms with Crippen LogP contribution in [0.15, 0.2) is 22.7 Å². The number of carboxylic acid groups (broad SMARTS) is 1. The van der Waals surface area contributed by atoms with Crippen LogP contribution in [0, 0.1) is 5.82 Å². The minimum atomic E-state index is -0.915. The molecular formula is C15H18BrFN2O4. The molecule has 1 N–H and O–H groups in total. The highest BCUT2D eigenvalue weighted by Gasteiger charge is 2.26. The maximum Gasteiger partial charge on any atom is 0.317 e. The molecule has 2 rings (SSSR count). The number of carbonyl (C=O) groups is 2. The molecule has 0 aliphatic carbocycles. The van der Waals surface area contributed by atoms with E-state index in [9.17, 15) is 14.0 Å². The normalized spacial score (nSPS) is 18.3. The van der Waals surface area contributed by atoms with E-state index in [-0.39, 0.29) is 24.1 Å². The van der Waals surface area contributed by atoms with E-state index in [1.54, 1.807) is 22.9 Å². The molecule has 1 heterocycles. The van der Waals surface area contributed by atoms with E-state index in [1.165, 1.54) is 12.1 Å². The largest absolute Gasteiger partial charge is 0.480 e. The van der Waals surface area contributed by atoms with Gasteiger partial charge in [0.1, 0.15) is 5.82 Å². The topological polar surface area (TPSA) is 70.1 Å². The van der Waals surface area contributed by atoms with Crippen LogP contribution in [0.2, 0.25) is 0 Å². The summed E-state index contributed by atoms with van der Waals surface area (Å²) in [7, 11) is 1.68. The molecule has 8 heteroatoms. The molecule has 1 aromatic rings. The van der Waals surface area contributed by atoms with Crippen molar-refractivity contribution in [3.05, 3.63) is 34.1 Å². The molecule has 1 atom stereocenters. The Labute approximate surface area is 141 Å². The Morgan fingerprint density at radius 3 is 2.91 bits per heavy atom. The number of halogens is 2. The second-order valence-electron chi connectivity index (χ2n) is 5.46. The Hall–Kier alpha value is -1.51. The van der Waals surface area contributed by atoms with Gasteiger partial charge in [-0.05, 0) is 41.2 Å². The van der Waals surface area contributed by atoms with E-state index in [0.717, 1.165) is 0 Å². The van der Waals surface area contributed by atoms with E-state index in [0.29, 0.717) is 30.7 Å². The number of likely N-dealkylation sites (N-methyl/N-ethyl adjacent to an activating group) is 1. The Morgan fingerprint density at radius 2 is 2.26 bits per heavy atom. The van der Waals surface area contributed by atoms with Crippen molar-refractivity contribution in [1.29, 1.82) is 0 Å². The lowest BCUT2D eigenvalue weighted by molar-refractivity contribution is -0.138. The highest BCUT2D eigenvalue weighted by atomic mass is 79.9. The fourth-order valence-corrected chi connectivity index (χ4v) is 2.72. The number of carbonyl (C=O) groups excluding carboxylic acids is 1. The molecule has 1 amide bonds. The van der Waals surface area contributed by atoms with E-state index in [2.05, 4.69) is 15.9 Å². The molecule has 1 aromatic carbocycles. The van der Waals surface area contributed by atoms with E-state index >= 15 is 0 Å². The molecule has 0 aromatic heterocycles. The maximum atomic E-state index is 13.6. The quantitative estimate of drug-likeness (QED) is 0.826. The number of morpholine rings is 1. The van der Waals surface area contributed by atoms with Crippen molar-refractivity contribution in [2.75, 3.05) is 39.8 Å². The van der Waals surface area contributed by atoms with Crippen LogP contribution in [0.4, 0.5) is 4.39 Å². The molecule has 0 saturated carbocycles. The number of aliphatic carboxylic acids is 1. The minimum Gasteiger partial charge on any atom is -0.480 e. The molecule has 126 valence electrons. The molecule has 6 nitrogen and oxygen atoms in total. The minimum absolute atomic E-state index is 0.0915. The lowest BCUT2D eigenvalue weighted by Gasteiger charge is -2.34. The molecule has 23 heavy (non-hydrogen) atoms. The molecule has 0 radical (unpaired) electrons. The predicted octanol–water partition coefficient (Wildman–Crippen LogP) is 1.45. The molecule has 1 fully saturated rings. The number of amides is 1. The SMILES string of the molecule is CN(CC(=O)O)CC1CN(C(=O)c2ccc(Br)c(F)c2)CCO1. The number of hydrogen-bond acceptors (Lipinski definition) is 4. The third-order valence-corrected chi connectivity index (χ3v) is 4.16. The van der Waals surface area contributed by atoms with Crippen molar-refractivity contribution in [3.63, 3.8) is 0 Å². The number of ether oxygens (including phenoxy) is 1. The second-order valence-corrected chi connectivity index (χ2v) is 6.32. The average molecular weight is 389 g/mol. The van der Waals surface area contributed by atoms with Crippen molar-refractivity contribution in [3.8, 4) is 0 Å². The summed E-state index contributed by atoms with van der Waals surface area (Å²) in [6, 6.07) is 4.27. The van der Waals surface area contributed by atoms with E-state index < -0.39 is 11.8 Å². The number of carboxylic acids is 1. The zero-order valence-electron chi connectivity index (χ0n) is 12.7. The molecule has 1 aliphatic rings. The van der Waals surface area contributed by atoms with Gasteiger partial charge in [0.15, 0.2) is 0 Å². The van der Waals surface area contributed by atoms with E-state index in [1.807, 2.05) is 0 Å². The zero-order chi connectivity index (χ0) is 17.0. The molecule has 0 bridgehead atoms. The van der Waals surface area contributed by atoms with Crippen molar-refractivity contribution in [2.24, 2.45) is 0 Å². The van der Waals surface area contributed by atoms with Crippen LogP contribution < -0.4 is 0 Å². The molecule has 0 spiro atoms. The van der Waals surface area contributed by atoms with Gasteiger partial charge in [-0.25, -0.2) is 4.39 Å². The highest BCUT2D eigenvalue weighted by Crippen LogP contribution is 2.18. The Kier molecular flexibility index (Phi) is 6.09. The fourth-order valence-electron chi connectivity index (χ4n) is 2.47. The third kappa shape index (κ3) is 4.98. The monoisotopic (exact) mass is 388 g/mol. The first-order chi connectivity index (χ1) is 10.9. The van der Waals surface area contributed by atoms with Gasteiger partial charge in [0.2, 0.25) is 0 Å². The van der Waals surface area contributed by atoms with Gasteiger partial charge in [0, 0.05) is 25.2 Å². The van der Waals surface area contributed by atoms with Gasteiger partial charge < -0.3 is 14.7 Å². The van der Waals surface area contributed by atoms with Crippen molar-refractivity contribution >= 4 is 27.8 Å². The molecule has 1 aliphatic heterocycles. The lowest BCUT2D eigenvalue weighted by Crippen LogP contribution is -2.49. The third-order valence-electron chi connectivity index (χ3n) is 3.51. The van der Waals surface area contributed by atoms with Gasteiger partial charge in [0.25, 0.3) is 5.91 Å².